The lowest BCUT2D eigenvalue weighted by molar-refractivity contribution is -0.131. The number of unbranched alkanes of at least 4 members (excludes halogenated alkanes) is 1. The molecular formula is C9H19NO2S. The van der Waals surface area contributed by atoms with Crippen molar-refractivity contribution in [3.8, 4) is 0 Å². The van der Waals surface area contributed by atoms with Crippen LogP contribution in [-0.2, 0) is 4.79 Å². The second-order valence-electron chi connectivity index (χ2n) is 2.93. The normalized spacial score (nSPS) is 10.1. The summed E-state index contributed by atoms with van der Waals surface area (Å²) in [4.78, 5) is 13.1. The molecule has 0 aliphatic heterocycles. The Morgan fingerprint density at radius 1 is 1.46 bits per heavy atom. The van der Waals surface area contributed by atoms with Gasteiger partial charge in [-0.1, -0.05) is 13.3 Å². The van der Waals surface area contributed by atoms with Crippen LogP contribution in [0.15, 0.2) is 0 Å². The third kappa shape index (κ3) is 5.93. The fourth-order valence-corrected chi connectivity index (χ4v) is 1.28. The molecule has 0 radical (unpaired) electrons. The smallest absolute Gasteiger partial charge is 0.223 e. The van der Waals surface area contributed by atoms with E-state index in [1.807, 2.05) is 0 Å². The predicted octanol–water partition coefficient (Wildman–Crippen LogP) is 0.927. The van der Waals surface area contributed by atoms with Gasteiger partial charge >= 0.3 is 0 Å². The number of carbonyl (C=O) groups excluding carboxylic acids is 1. The lowest BCUT2D eigenvalue weighted by atomic mass is 10.3. The van der Waals surface area contributed by atoms with Gasteiger partial charge < -0.3 is 10.0 Å². The van der Waals surface area contributed by atoms with Crippen LogP contribution in [0.4, 0.5) is 0 Å². The number of nitrogens with zero attached hydrogens (tertiary/aromatic N) is 1. The van der Waals surface area contributed by atoms with E-state index in [1.165, 1.54) is 0 Å². The van der Waals surface area contributed by atoms with Crippen LogP contribution in [0.5, 0.6) is 0 Å². The summed E-state index contributed by atoms with van der Waals surface area (Å²) in [5.74, 6) is 0.671. The summed E-state index contributed by atoms with van der Waals surface area (Å²) in [6.45, 7) is 3.33. The van der Waals surface area contributed by atoms with E-state index in [0.717, 1.165) is 19.4 Å². The first-order chi connectivity index (χ1) is 6.26. The van der Waals surface area contributed by atoms with Crippen LogP contribution in [0.2, 0.25) is 0 Å². The molecule has 0 fully saturated rings. The highest BCUT2D eigenvalue weighted by atomic mass is 32.1. The fourth-order valence-electron chi connectivity index (χ4n) is 1.08. The van der Waals surface area contributed by atoms with Gasteiger partial charge in [0.25, 0.3) is 0 Å². The number of rotatable bonds is 7. The van der Waals surface area contributed by atoms with E-state index >= 15 is 0 Å². The zero-order valence-electron chi connectivity index (χ0n) is 8.20. The van der Waals surface area contributed by atoms with Crippen molar-refractivity contribution in [2.24, 2.45) is 0 Å². The molecule has 0 aliphatic rings. The van der Waals surface area contributed by atoms with Gasteiger partial charge in [0.2, 0.25) is 5.91 Å². The van der Waals surface area contributed by atoms with Crippen LogP contribution in [-0.4, -0.2) is 41.4 Å². The molecule has 78 valence electrons. The largest absolute Gasteiger partial charge is 0.395 e. The minimum Gasteiger partial charge on any atom is -0.395 e. The molecule has 0 aliphatic carbocycles. The van der Waals surface area contributed by atoms with Crippen molar-refractivity contribution in [1.82, 2.24) is 4.90 Å². The summed E-state index contributed by atoms with van der Waals surface area (Å²) in [6, 6.07) is 0. The third-order valence-electron chi connectivity index (χ3n) is 1.83. The Kier molecular flexibility index (Phi) is 8.24. The number of aliphatic hydroxyl groups is 1. The highest BCUT2D eigenvalue weighted by Crippen LogP contribution is 1.99. The van der Waals surface area contributed by atoms with Crippen molar-refractivity contribution in [3.05, 3.63) is 0 Å². The molecule has 3 nitrogen and oxygen atoms in total. The van der Waals surface area contributed by atoms with Gasteiger partial charge in [-0.15, -0.1) is 0 Å². The average molecular weight is 205 g/mol. The van der Waals surface area contributed by atoms with Gasteiger partial charge in [-0.3, -0.25) is 4.79 Å². The first-order valence-electron chi connectivity index (χ1n) is 4.75. The Labute approximate surface area is 85.5 Å². The monoisotopic (exact) mass is 205 g/mol. The first kappa shape index (κ1) is 12.8. The summed E-state index contributed by atoms with van der Waals surface area (Å²) < 4.78 is 0. The Hall–Kier alpha value is -0.220. The summed E-state index contributed by atoms with van der Waals surface area (Å²) in [6.07, 6.45) is 2.53. The Balaban J connectivity index is 3.83. The number of hydrogen-bond donors (Lipinski definition) is 2. The first-order valence-corrected chi connectivity index (χ1v) is 5.39. The van der Waals surface area contributed by atoms with E-state index in [9.17, 15) is 4.79 Å². The van der Waals surface area contributed by atoms with Gasteiger partial charge in [0, 0.05) is 19.5 Å². The predicted molar refractivity (Wildman–Crippen MR) is 57.0 cm³/mol. The van der Waals surface area contributed by atoms with Crippen molar-refractivity contribution in [1.29, 1.82) is 0 Å². The molecule has 0 saturated carbocycles. The van der Waals surface area contributed by atoms with Crippen molar-refractivity contribution >= 4 is 18.5 Å². The number of thiol groups is 1. The summed E-state index contributed by atoms with van der Waals surface area (Å²) >= 11 is 4.00. The number of hydrogen-bond acceptors (Lipinski definition) is 3. The average Bonchev–Trinajstić information content (AvgIpc) is 2.12. The zero-order valence-corrected chi connectivity index (χ0v) is 9.09. The summed E-state index contributed by atoms with van der Waals surface area (Å²) in [7, 11) is 0. The summed E-state index contributed by atoms with van der Waals surface area (Å²) in [5.41, 5.74) is 0. The van der Waals surface area contributed by atoms with Crippen LogP contribution < -0.4 is 0 Å². The lowest BCUT2D eigenvalue weighted by Crippen LogP contribution is -2.34. The van der Waals surface area contributed by atoms with E-state index in [-0.39, 0.29) is 12.5 Å². The molecule has 1 N–H and O–H groups in total. The molecule has 0 bridgehead atoms. The molecular weight excluding hydrogens is 186 g/mol. The summed E-state index contributed by atoms with van der Waals surface area (Å²) in [5, 5.41) is 8.74. The van der Waals surface area contributed by atoms with Gasteiger partial charge in [0.05, 0.1) is 6.61 Å². The molecule has 0 saturated heterocycles. The van der Waals surface area contributed by atoms with Gasteiger partial charge in [-0.05, 0) is 12.2 Å². The molecule has 0 unspecified atom stereocenters. The van der Waals surface area contributed by atoms with Gasteiger partial charge in [-0.25, -0.2) is 0 Å². The SMILES string of the molecule is CCCCN(CCO)C(=O)CCS. The minimum atomic E-state index is 0.0437. The highest BCUT2D eigenvalue weighted by molar-refractivity contribution is 7.80. The van der Waals surface area contributed by atoms with E-state index in [2.05, 4.69) is 19.6 Å². The number of amides is 1. The van der Waals surface area contributed by atoms with E-state index in [1.54, 1.807) is 4.90 Å². The number of carbonyl (C=O) groups is 1. The maximum Gasteiger partial charge on any atom is 0.223 e. The second kappa shape index (κ2) is 8.38. The maximum absolute atomic E-state index is 11.4. The lowest BCUT2D eigenvalue weighted by Gasteiger charge is -2.21. The molecule has 0 aromatic carbocycles. The van der Waals surface area contributed by atoms with Crippen LogP contribution in [0.3, 0.4) is 0 Å². The topological polar surface area (TPSA) is 40.5 Å². The van der Waals surface area contributed by atoms with E-state index in [4.69, 9.17) is 5.11 Å². The minimum absolute atomic E-state index is 0.0437. The molecule has 0 heterocycles. The molecule has 0 aromatic heterocycles. The van der Waals surface area contributed by atoms with Crippen LogP contribution >= 0.6 is 12.6 Å². The molecule has 0 spiro atoms. The molecule has 1 amide bonds. The Morgan fingerprint density at radius 2 is 2.15 bits per heavy atom. The van der Waals surface area contributed by atoms with E-state index < -0.39 is 0 Å². The molecule has 0 rings (SSSR count). The van der Waals surface area contributed by atoms with Crippen molar-refractivity contribution in [2.45, 2.75) is 26.2 Å². The quantitative estimate of drug-likeness (QED) is 0.607. The zero-order chi connectivity index (χ0) is 10.1. The van der Waals surface area contributed by atoms with Gasteiger partial charge in [0.1, 0.15) is 0 Å². The third-order valence-corrected chi connectivity index (χ3v) is 2.05. The van der Waals surface area contributed by atoms with E-state index in [0.29, 0.717) is 18.7 Å². The Morgan fingerprint density at radius 3 is 2.62 bits per heavy atom. The van der Waals surface area contributed by atoms with Crippen LogP contribution in [0, 0.1) is 0 Å². The molecule has 4 heteroatoms. The van der Waals surface area contributed by atoms with Crippen molar-refractivity contribution < 1.29 is 9.90 Å². The van der Waals surface area contributed by atoms with Gasteiger partial charge in [0.15, 0.2) is 0 Å². The molecule has 0 atom stereocenters. The van der Waals surface area contributed by atoms with Gasteiger partial charge in [-0.2, -0.15) is 12.6 Å². The highest BCUT2D eigenvalue weighted by Gasteiger charge is 2.10. The maximum atomic E-state index is 11.4. The fraction of sp³-hybridized carbons (Fsp3) is 0.889. The Bertz CT molecular complexity index is 142. The standard InChI is InChI=1S/C9H19NO2S/c1-2-3-5-10(6-7-11)9(12)4-8-13/h11,13H,2-8H2,1H3. The van der Waals surface area contributed by atoms with Crippen molar-refractivity contribution in [2.75, 3.05) is 25.4 Å². The number of aliphatic hydroxyl groups excluding tert-OH is 1. The van der Waals surface area contributed by atoms with Crippen LogP contribution in [0.1, 0.15) is 26.2 Å². The van der Waals surface area contributed by atoms with Crippen LogP contribution in [0.25, 0.3) is 0 Å². The molecule has 13 heavy (non-hydrogen) atoms. The second-order valence-corrected chi connectivity index (χ2v) is 3.38. The van der Waals surface area contributed by atoms with Crippen molar-refractivity contribution in [3.63, 3.8) is 0 Å². The molecule has 0 aromatic rings.